The van der Waals surface area contributed by atoms with Crippen LogP contribution in [0.2, 0.25) is 0 Å². The number of carbonyl (C=O) groups is 1. The molecule has 4 rings (SSSR count). The number of carbonyl (C=O) groups excluding carboxylic acids is 1. The molecule has 1 fully saturated rings. The van der Waals surface area contributed by atoms with Gasteiger partial charge in [0, 0.05) is 17.5 Å². The first-order chi connectivity index (χ1) is 12.5. The number of hydrogen-bond acceptors (Lipinski definition) is 7. The van der Waals surface area contributed by atoms with Crippen LogP contribution < -0.4 is 5.73 Å². The summed E-state index contributed by atoms with van der Waals surface area (Å²) in [5.74, 6) is 0.933. The number of aromatic nitrogens is 3. The van der Waals surface area contributed by atoms with Crippen molar-refractivity contribution in [3.05, 3.63) is 53.9 Å². The van der Waals surface area contributed by atoms with Crippen molar-refractivity contribution in [1.82, 2.24) is 15.4 Å². The van der Waals surface area contributed by atoms with Gasteiger partial charge in [-0.15, -0.1) is 10.2 Å². The number of hydrogen-bond donors (Lipinski definition) is 2. The van der Waals surface area contributed by atoms with Gasteiger partial charge in [-0.05, 0) is 19.8 Å². The zero-order valence-electron chi connectivity index (χ0n) is 14.3. The standard InChI is InChI=1S/C10H8N2O2.C8H12N2O2/c11-10(13)9-6-8(12-14-9)7-4-2-1-3-5-7;1-5(11)7-9-10-8(12-7)6-3-2-4-6/h1-6H,(H2,11,13);5-6,11H,2-4H2,1H3. The van der Waals surface area contributed by atoms with Crippen molar-refractivity contribution in [3.8, 4) is 11.3 Å². The summed E-state index contributed by atoms with van der Waals surface area (Å²) in [6.45, 7) is 1.62. The van der Waals surface area contributed by atoms with Crippen molar-refractivity contribution in [3.63, 3.8) is 0 Å². The van der Waals surface area contributed by atoms with Crippen LogP contribution in [0.25, 0.3) is 11.3 Å². The van der Waals surface area contributed by atoms with Gasteiger partial charge in [0.05, 0.1) is 0 Å². The summed E-state index contributed by atoms with van der Waals surface area (Å²) in [7, 11) is 0. The van der Waals surface area contributed by atoms with E-state index in [0.717, 1.165) is 18.4 Å². The van der Waals surface area contributed by atoms with Crippen LogP contribution in [0.3, 0.4) is 0 Å². The van der Waals surface area contributed by atoms with Gasteiger partial charge in [0.1, 0.15) is 11.8 Å². The Kier molecular flexibility index (Phi) is 5.43. The molecule has 1 aromatic carbocycles. The Hall–Kier alpha value is -3.00. The highest BCUT2D eigenvalue weighted by atomic mass is 16.5. The van der Waals surface area contributed by atoms with E-state index >= 15 is 0 Å². The highest BCUT2D eigenvalue weighted by molar-refractivity contribution is 5.90. The molecular formula is C18H20N4O4. The predicted molar refractivity (Wildman–Crippen MR) is 92.0 cm³/mol. The Balaban J connectivity index is 0.000000152. The molecule has 8 heteroatoms. The van der Waals surface area contributed by atoms with Crippen molar-refractivity contribution in [2.45, 2.75) is 38.2 Å². The van der Waals surface area contributed by atoms with Gasteiger partial charge in [-0.25, -0.2) is 0 Å². The summed E-state index contributed by atoms with van der Waals surface area (Å²) >= 11 is 0. The number of aliphatic hydroxyl groups excluding tert-OH is 1. The van der Waals surface area contributed by atoms with E-state index in [0.29, 0.717) is 23.4 Å². The fourth-order valence-corrected chi connectivity index (χ4v) is 2.37. The second kappa shape index (κ2) is 7.92. The minimum absolute atomic E-state index is 0.0730. The van der Waals surface area contributed by atoms with Gasteiger partial charge >= 0.3 is 0 Å². The second-order valence-electron chi connectivity index (χ2n) is 6.09. The van der Waals surface area contributed by atoms with Gasteiger partial charge in [-0.2, -0.15) is 0 Å². The Morgan fingerprint density at radius 3 is 2.50 bits per heavy atom. The smallest absolute Gasteiger partial charge is 0.287 e. The molecule has 1 atom stereocenters. The van der Waals surface area contributed by atoms with Crippen LogP contribution >= 0.6 is 0 Å². The molecule has 136 valence electrons. The maximum atomic E-state index is 10.7. The average Bonchev–Trinajstić information content (AvgIpc) is 3.24. The van der Waals surface area contributed by atoms with Crippen molar-refractivity contribution in [2.75, 3.05) is 0 Å². The molecule has 2 heterocycles. The molecule has 1 aliphatic carbocycles. The second-order valence-corrected chi connectivity index (χ2v) is 6.09. The zero-order chi connectivity index (χ0) is 18.5. The lowest BCUT2D eigenvalue weighted by atomic mass is 9.85. The van der Waals surface area contributed by atoms with E-state index < -0.39 is 12.0 Å². The Labute approximate surface area is 150 Å². The van der Waals surface area contributed by atoms with Crippen LogP contribution in [0.1, 0.15) is 60.5 Å². The molecule has 1 aliphatic rings. The third-order valence-electron chi connectivity index (χ3n) is 4.09. The summed E-state index contributed by atoms with van der Waals surface area (Å²) in [6, 6.07) is 10.9. The maximum Gasteiger partial charge on any atom is 0.287 e. The normalized spacial score (nSPS) is 14.8. The van der Waals surface area contributed by atoms with Gasteiger partial charge in [0.25, 0.3) is 5.91 Å². The fourth-order valence-electron chi connectivity index (χ4n) is 2.37. The van der Waals surface area contributed by atoms with Crippen LogP contribution in [-0.4, -0.2) is 26.4 Å². The van der Waals surface area contributed by atoms with Crippen molar-refractivity contribution < 1.29 is 18.8 Å². The number of primary amides is 1. The zero-order valence-corrected chi connectivity index (χ0v) is 14.3. The van der Waals surface area contributed by atoms with Crippen LogP contribution in [0, 0.1) is 0 Å². The molecule has 0 spiro atoms. The third kappa shape index (κ3) is 4.15. The molecule has 2 aromatic heterocycles. The summed E-state index contributed by atoms with van der Waals surface area (Å²) in [5, 5.41) is 20.5. The van der Waals surface area contributed by atoms with E-state index in [1.54, 1.807) is 6.92 Å². The maximum absolute atomic E-state index is 10.7. The molecule has 0 bridgehead atoms. The molecule has 1 unspecified atom stereocenters. The Morgan fingerprint density at radius 1 is 1.27 bits per heavy atom. The molecule has 1 amide bonds. The van der Waals surface area contributed by atoms with Crippen LogP contribution in [0.15, 0.2) is 45.3 Å². The lowest BCUT2D eigenvalue weighted by Gasteiger charge is -2.20. The van der Waals surface area contributed by atoms with E-state index in [-0.39, 0.29) is 5.76 Å². The summed E-state index contributed by atoms with van der Waals surface area (Å²) in [4.78, 5) is 10.7. The van der Waals surface area contributed by atoms with Gasteiger partial charge in [-0.1, -0.05) is 41.9 Å². The van der Waals surface area contributed by atoms with Crippen molar-refractivity contribution in [2.24, 2.45) is 5.73 Å². The number of aliphatic hydroxyl groups is 1. The summed E-state index contributed by atoms with van der Waals surface area (Å²) in [5.41, 5.74) is 6.54. The van der Waals surface area contributed by atoms with E-state index in [1.165, 1.54) is 12.5 Å². The highest BCUT2D eigenvalue weighted by Crippen LogP contribution is 2.35. The molecule has 3 aromatic rings. The first-order valence-corrected chi connectivity index (χ1v) is 8.38. The lowest BCUT2D eigenvalue weighted by Crippen LogP contribution is -2.09. The molecule has 0 saturated heterocycles. The van der Waals surface area contributed by atoms with E-state index in [9.17, 15) is 4.79 Å². The van der Waals surface area contributed by atoms with Crippen molar-refractivity contribution >= 4 is 5.91 Å². The van der Waals surface area contributed by atoms with Gasteiger partial charge < -0.3 is 19.8 Å². The number of nitrogens with two attached hydrogens (primary N) is 1. The molecule has 1 saturated carbocycles. The minimum atomic E-state index is -0.647. The van der Waals surface area contributed by atoms with Crippen LogP contribution in [-0.2, 0) is 0 Å². The minimum Gasteiger partial charge on any atom is -0.422 e. The molecule has 26 heavy (non-hydrogen) atoms. The monoisotopic (exact) mass is 356 g/mol. The fraction of sp³-hybridized carbons (Fsp3) is 0.333. The lowest BCUT2D eigenvalue weighted by molar-refractivity contribution is 0.0965. The van der Waals surface area contributed by atoms with Gasteiger partial charge in [0.15, 0.2) is 0 Å². The van der Waals surface area contributed by atoms with Crippen LogP contribution in [0.5, 0.6) is 0 Å². The van der Waals surface area contributed by atoms with E-state index in [2.05, 4.69) is 15.4 Å². The van der Waals surface area contributed by atoms with Gasteiger partial charge in [0.2, 0.25) is 17.5 Å². The quantitative estimate of drug-likeness (QED) is 0.735. The third-order valence-corrected chi connectivity index (χ3v) is 4.09. The Bertz CT molecular complexity index is 853. The van der Waals surface area contributed by atoms with Gasteiger partial charge in [-0.3, -0.25) is 4.79 Å². The Morgan fingerprint density at radius 2 is 2.00 bits per heavy atom. The molecule has 0 radical (unpaired) electrons. The van der Waals surface area contributed by atoms with Crippen molar-refractivity contribution in [1.29, 1.82) is 0 Å². The largest absolute Gasteiger partial charge is 0.422 e. The molecule has 0 aliphatic heterocycles. The first-order valence-electron chi connectivity index (χ1n) is 8.38. The molecular weight excluding hydrogens is 336 g/mol. The SMILES string of the molecule is CC(O)c1nnc(C2CCC2)o1.NC(=O)c1cc(-c2ccccc2)no1. The molecule has 8 nitrogen and oxygen atoms in total. The van der Waals surface area contributed by atoms with E-state index in [1.807, 2.05) is 30.3 Å². The molecule has 3 N–H and O–H groups in total. The predicted octanol–water partition coefficient (Wildman–Crippen LogP) is 2.83. The number of amides is 1. The van der Waals surface area contributed by atoms with Crippen LogP contribution in [0.4, 0.5) is 0 Å². The van der Waals surface area contributed by atoms with E-state index in [4.69, 9.17) is 19.8 Å². The number of nitrogens with zero attached hydrogens (tertiary/aromatic N) is 3. The number of rotatable bonds is 4. The summed E-state index contributed by atoms with van der Waals surface area (Å²) in [6.07, 6.45) is 2.88. The summed E-state index contributed by atoms with van der Waals surface area (Å²) < 4.78 is 10.0. The topological polar surface area (TPSA) is 128 Å². The number of benzene rings is 1. The average molecular weight is 356 g/mol. The highest BCUT2D eigenvalue weighted by Gasteiger charge is 2.25. The first kappa shape index (κ1) is 17.8.